The Morgan fingerprint density at radius 1 is 1.44 bits per heavy atom. The van der Waals surface area contributed by atoms with E-state index in [0.717, 1.165) is 0 Å². The van der Waals surface area contributed by atoms with Gasteiger partial charge < -0.3 is 15.7 Å². The van der Waals surface area contributed by atoms with Gasteiger partial charge in [0.2, 0.25) is 0 Å². The number of nitrogens with zero attached hydrogens (tertiary/aromatic N) is 1. The van der Waals surface area contributed by atoms with Crippen LogP contribution in [0.5, 0.6) is 0 Å². The number of nitro groups is 1. The van der Waals surface area contributed by atoms with Gasteiger partial charge in [-0.1, -0.05) is 6.07 Å². The van der Waals surface area contributed by atoms with Gasteiger partial charge in [-0.05, 0) is 13.0 Å². The predicted molar refractivity (Wildman–Crippen MR) is 62.3 cm³/mol. The van der Waals surface area contributed by atoms with Crippen molar-refractivity contribution in [1.29, 1.82) is 0 Å². The molecule has 1 aromatic rings. The Labute approximate surface area is 102 Å². The molecule has 1 aromatic carbocycles. The maximum absolute atomic E-state index is 11.4. The first-order valence-corrected chi connectivity index (χ1v) is 4.95. The van der Waals surface area contributed by atoms with Gasteiger partial charge in [0.25, 0.3) is 5.69 Å². The van der Waals surface area contributed by atoms with Crippen LogP contribution in [0.3, 0.4) is 0 Å². The first kappa shape index (κ1) is 13.4. The predicted octanol–water partition coefficient (Wildman–Crippen LogP) is 1.19. The average molecular weight is 253 g/mol. The minimum Gasteiger partial charge on any atom is -0.480 e. The Hall–Kier alpha value is -2.64. The molecule has 0 saturated carbocycles. The van der Waals surface area contributed by atoms with E-state index in [1.165, 1.54) is 31.2 Å². The van der Waals surface area contributed by atoms with Crippen LogP contribution in [0, 0.1) is 10.1 Å². The van der Waals surface area contributed by atoms with E-state index in [0.29, 0.717) is 0 Å². The van der Waals surface area contributed by atoms with Crippen molar-refractivity contribution in [3.8, 4) is 0 Å². The fourth-order valence-corrected chi connectivity index (χ4v) is 1.12. The van der Waals surface area contributed by atoms with E-state index in [4.69, 9.17) is 5.11 Å². The number of carbonyl (C=O) groups is 2. The summed E-state index contributed by atoms with van der Waals surface area (Å²) < 4.78 is 0. The summed E-state index contributed by atoms with van der Waals surface area (Å²) in [6.45, 7) is 1.30. The number of hydrogen-bond acceptors (Lipinski definition) is 4. The fraction of sp³-hybridized carbons (Fsp3) is 0.200. The molecule has 0 saturated heterocycles. The average Bonchev–Trinajstić information content (AvgIpc) is 2.28. The number of carboxylic acids is 1. The zero-order chi connectivity index (χ0) is 13.7. The van der Waals surface area contributed by atoms with Crippen LogP contribution in [0.1, 0.15) is 6.92 Å². The van der Waals surface area contributed by atoms with Crippen molar-refractivity contribution >= 4 is 23.4 Å². The van der Waals surface area contributed by atoms with Crippen LogP contribution in [-0.4, -0.2) is 28.1 Å². The number of rotatable bonds is 4. The van der Waals surface area contributed by atoms with Crippen LogP contribution in [0.25, 0.3) is 0 Å². The molecular weight excluding hydrogens is 242 g/mol. The quantitative estimate of drug-likeness (QED) is 0.549. The van der Waals surface area contributed by atoms with Gasteiger partial charge in [0.15, 0.2) is 0 Å². The maximum Gasteiger partial charge on any atom is 0.325 e. The van der Waals surface area contributed by atoms with Crippen molar-refractivity contribution < 1.29 is 19.6 Å². The van der Waals surface area contributed by atoms with E-state index in [1.54, 1.807) is 0 Å². The minimum absolute atomic E-state index is 0.168. The zero-order valence-corrected chi connectivity index (χ0v) is 9.41. The van der Waals surface area contributed by atoms with Gasteiger partial charge in [-0.3, -0.25) is 14.9 Å². The van der Waals surface area contributed by atoms with Crippen LogP contribution in [0.4, 0.5) is 16.2 Å². The lowest BCUT2D eigenvalue weighted by Crippen LogP contribution is -2.40. The van der Waals surface area contributed by atoms with Gasteiger partial charge in [0.1, 0.15) is 6.04 Å². The third kappa shape index (κ3) is 3.74. The van der Waals surface area contributed by atoms with E-state index in [2.05, 4.69) is 10.6 Å². The number of carbonyl (C=O) groups excluding carboxylic acids is 1. The van der Waals surface area contributed by atoms with Crippen molar-refractivity contribution in [3.05, 3.63) is 34.4 Å². The largest absolute Gasteiger partial charge is 0.480 e. The van der Waals surface area contributed by atoms with Crippen molar-refractivity contribution in [1.82, 2.24) is 5.32 Å². The number of amides is 2. The fourth-order valence-electron chi connectivity index (χ4n) is 1.12. The van der Waals surface area contributed by atoms with E-state index in [-0.39, 0.29) is 11.4 Å². The van der Waals surface area contributed by atoms with Gasteiger partial charge in [0.05, 0.1) is 4.92 Å². The monoisotopic (exact) mass is 253 g/mol. The van der Waals surface area contributed by atoms with Crippen LogP contribution in [-0.2, 0) is 4.79 Å². The molecular formula is C10H11N3O5. The van der Waals surface area contributed by atoms with Gasteiger partial charge >= 0.3 is 12.0 Å². The Morgan fingerprint density at radius 2 is 2.11 bits per heavy atom. The molecule has 0 spiro atoms. The van der Waals surface area contributed by atoms with E-state index < -0.39 is 23.0 Å². The second kappa shape index (κ2) is 5.62. The molecule has 8 nitrogen and oxygen atoms in total. The third-order valence-electron chi connectivity index (χ3n) is 2.03. The smallest absolute Gasteiger partial charge is 0.325 e. The molecule has 2 amide bonds. The number of nitro benzene ring substituents is 1. The Balaban J connectivity index is 2.67. The van der Waals surface area contributed by atoms with Crippen LogP contribution in [0.15, 0.2) is 24.3 Å². The van der Waals surface area contributed by atoms with E-state index in [9.17, 15) is 19.7 Å². The first-order valence-electron chi connectivity index (χ1n) is 4.95. The second-order valence-corrected chi connectivity index (χ2v) is 3.47. The summed E-state index contributed by atoms with van der Waals surface area (Å²) in [5.41, 5.74) is 0.0402. The van der Waals surface area contributed by atoms with Crippen LogP contribution in [0.2, 0.25) is 0 Å². The Kier molecular flexibility index (Phi) is 4.19. The van der Waals surface area contributed by atoms with Gasteiger partial charge in [0, 0.05) is 17.8 Å². The molecule has 3 N–H and O–H groups in total. The van der Waals surface area contributed by atoms with Crippen molar-refractivity contribution in [2.75, 3.05) is 5.32 Å². The molecule has 1 rings (SSSR count). The van der Waals surface area contributed by atoms with Crippen LogP contribution >= 0.6 is 0 Å². The number of nitrogens with one attached hydrogen (secondary N) is 2. The Morgan fingerprint density at radius 3 is 2.67 bits per heavy atom. The molecule has 96 valence electrons. The van der Waals surface area contributed by atoms with Crippen molar-refractivity contribution in [2.24, 2.45) is 0 Å². The zero-order valence-electron chi connectivity index (χ0n) is 9.41. The lowest BCUT2D eigenvalue weighted by atomic mass is 10.3. The molecule has 0 heterocycles. The standard InChI is InChI=1S/C10H11N3O5/c1-6(9(14)15)11-10(16)12-7-3-2-4-8(5-7)13(17)18/h2-6H,1H3,(H,14,15)(H2,11,12,16). The second-order valence-electron chi connectivity index (χ2n) is 3.47. The van der Waals surface area contributed by atoms with E-state index >= 15 is 0 Å². The number of hydrogen-bond donors (Lipinski definition) is 3. The normalized spacial score (nSPS) is 11.4. The van der Waals surface area contributed by atoms with Gasteiger partial charge in [-0.25, -0.2) is 4.79 Å². The van der Waals surface area contributed by atoms with Gasteiger partial charge in [-0.15, -0.1) is 0 Å². The Bertz CT molecular complexity index is 488. The summed E-state index contributed by atoms with van der Waals surface area (Å²) in [6.07, 6.45) is 0. The van der Waals surface area contributed by atoms with Crippen LogP contribution < -0.4 is 10.6 Å². The minimum atomic E-state index is -1.18. The third-order valence-corrected chi connectivity index (χ3v) is 2.03. The summed E-state index contributed by atoms with van der Waals surface area (Å²) in [7, 11) is 0. The number of aliphatic carboxylic acids is 1. The lowest BCUT2D eigenvalue weighted by molar-refractivity contribution is -0.384. The highest BCUT2D eigenvalue weighted by Crippen LogP contribution is 2.16. The molecule has 0 aliphatic rings. The molecule has 0 fully saturated rings. The summed E-state index contributed by atoms with van der Waals surface area (Å²) in [5.74, 6) is -1.18. The SMILES string of the molecule is CC(NC(=O)Nc1cccc([N+](=O)[O-])c1)C(=O)O. The van der Waals surface area contributed by atoms with Crippen molar-refractivity contribution in [2.45, 2.75) is 13.0 Å². The number of urea groups is 1. The summed E-state index contributed by atoms with van der Waals surface area (Å²) in [4.78, 5) is 31.8. The molecule has 0 aromatic heterocycles. The summed E-state index contributed by atoms with van der Waals surface area (Å²) in [5, 5.41) is 23.5. The summed E-state index contributed by atoms with van der Waals surface area (Å²) >= 11 is 0. The van der Waals surface area contributed by atoms with E-state index in [1.807, 2.05) is 0 Å². The highest BCUT2D eigenvalue weighted by atomic mass is 16.6. The topological polar surface area (TPSA) is 122 Å². The number of anilines is 1. The molecule has 0 bridgehead atoms. The molecule has 0 aliphatic carbocycles. The van der Waals surface area contributed by atoms with Crippen molar-refractivity contribution in [3.63, 3.8) is 0 Å². The molecule has 0 aliphatic heterocycles. The molecule has 0 radical (unpaired) electrons. The first-order chi connectivity index (χ1) is 8.40. The number of non-ortho nitro benzene ring substituents is 1. The number of carboxylic acid groups (broad SMARTS) is 1. The molecule has 8 heteroatoms. The number of benzene rings is 1. The van der Waals surface area contributed by atoms with Gasteiger partial charge in [-0.2, -0.15) is 0 Å². The molecule has 1 unspecified atom stereocenters. The maximum atomic E-state index is 11.4. The lowest BCUT2D eigenvalue weighted by Gasteiger charge is -2.10. The summed E-state index contributed by atoms with van der Waals surface area (Å²) in [6, 6.07) is 3.52. The molecule has 1 atom stereocenters. The highest BCUT2D eigenvalue weighted by Gasteiger charge is 2.14. The highest BCUT2D eigenvalue weighted by molar-refractivity contribution is 5.92. The molecule has 18 heavy (non-hydrogen) atoms.